The summed E-state index contributed by atoms with van der Waals surface area (Å²) in [5.74, 6) is 0. The molecule has 0 aliphatic heterocycles. The molecule has 0 aliphatic carbocycles. The molecule has 0 amide bonds. The van der Waals surface area contributed by atoms with E-state index in [1.807, 2.05) is 0 Å². The predicted octanol–water partition coefficient (Wildman–Crippen LogP) is 3.00. The van der Waals surface area contributed by atoms with Gasteiger partial charge in [0, 0.05) is 10.9 Å². The van der Waals surface area contributed by atoms with Crippen LogP contribution in [0.4, 0.5) is 0 Å². The lowest BCUT2D eigenvalue weighted by molar-refractivity contribution is 0.695. The van der Waals surface area contributed by atoms with Gasteiger partial charge in [-0.1, -0.05) is 15.9 Å². The van der Waals surface area contributed by atoms with E-state index in [9.17, 15) is 0 Å². The monoisotopic (exact) mass is 269 g/mol. The van der Waals surface area contributed by atoms with Crippen LogP contribution in [-0.2, 0) is 0 Å². The summed E-state index contributed by atoms with van der Waals surface area (Å²) in [5, 5.41) is 3.22. The van der Waals surface area contributed by atoms with Crippen molar-refractivity contribution >= 4 is 31.9 Å². The van der Waals surface area contributed by atoms with Crippen molar-refractivity contribution in [3.05, 3.63) is 10.7 Å². The van der Waals surface area contributed by atoms with E-state index < -0.39 is 0 Å². The molecule has 0 saturated carbocycles. The average Bonchev–Trinajstić information content (AvgIpc) is 1.58. The summed E-state index contributed by atoms with van der Waals surface area (Å²) >= 11 is 6.82. The van der Waals surface area contributed by atoms with E-state index in [0.717, 1.165) is 4.61 Å². The molecule has 0 aromatic heterocycles. The van der Waals surface area contributed by atoms with Crippen LogP contribution in [0, 0.1) is 0 Å². The first-order valence-corrected chi connectivity index (χ1v) is 5.01. The SMILES string of the molecule is CC(C)N/C(Br)=C\[C@@H](C)Br. The molecule has 1 nitrogen and oxygen atoms in total. The molecular weight excluding hydrogens is 258 g/mol. The molecule has 0 heterocycles. The van der Waals surface area contributed by atoms with Crippen LogP contribution in [0.25, 0.3) is 0 Å². The first-order valence-electron chi connectivity index (χ1n) is 3.30. The highest BCUT2D eigenvalue weighted by Gasteiger charge is 1.95. The smallest absolute Gasteiger partial charge is 0.0752 e. The molecule has 0 radical (unpaired) electrons. The third-order valence-electron chi connectivity index (χ3n) is 0.803. The zero-order valence-corrected chi connectivity index (χ0v) is 9.66. The van der Waals surface area contributed by atoms with Crippen molar-refractivity contribution < 1.29 is 0 Å². The van der Waals surface area contributed by atoms with Gasteiger partial charge < -0.3 is 5.32 Å². The highest BCUT2D eigenvalue weighted by molar-refractivity contribution is 9.11. The van der Waals surface area contributed by atoms with Crippen LogP contribution in [0.15, 0.2) is 10.7 Å². The van der Waals surface area contributed by atoms with Crippen LogP contribution in [0.1, 0.15) is 20.8 Å². The second-order valence-corrected chi connectivity index (χ2v) is 4.79. The molecule has 0 fully saturated rings. The van der Waals surface area contributed by atoms with E-state index in [-0.39, 0.29) is 0 Å². The summed E-state index contributed by atoms with van der Waals surface area (Å²) in [5.41, 5.74) is 0. The average molecular weight is 271 g/mol. The van der Waals surface area contributed by atoms with Crippen molar-refractivity contribution in [2.45, 2.75) is 31.6 Å². The third-order valence-corrected chi connectivity index (χ3v) is 1.56. The summed E-state index contributed by atoms with van der Waals surface area (Å²) in [4.78, 5) is 0.410. The maximum absolute atomic E-state index is 3.42. The lowest BCUT2D eigenvalue weighted by Gasteiger charge is -2.08. The van der Waals surface area contributed by atoms with Crippen molar-refractivity contribution in [3.63, 3.8) is 0 Å². The van der Waals surface area contributed by atoms with Gasteiger partial charge in [-0.05, 0) is 42.8 Å². The number of rotatable bonds is 3. The number of hydrogen-bond acceptors (Lipinski definition) is 1. The van der Waals surface area contributed by atoms with E-state index in [2.05, 4.69) is 64.0 Å². The lowest BCUT2D eigenvalue weighted by atomic mass is 10.4. The van der Waals surface area contributed by atoms with Gasteiger partial charge in [0.25, 0.3) is 0 Å². The van der Waals surface area contributed by atoms with Gasteiger partial charge in [0.1, 0.15) is 0 Å². The van der Waals surface area contributed by atoms with Crippen LogP contribution in [0.2, 0.25) is 0 Å². The minimum Gasteiger partial charge on any atom is -0.377 e. The second-order valence-electron chi connectivity index (χ2n) is 2.49. The largest absolute Gasteiger partial charge is 0.377 e. The van der Waals surface area contributed by atoms with Crippen molar-refractivity contribution in [2.75, 3.05) is 0 Å². The Labute approximate surface area is 79.5 Å². The maximum atomic E-state index is 3.42. The zero-order chi connectivity index (χ0) is 8.15. The summed E-state index contributed by atoms with van der Waals surface area (Å²) in [6, 6.07) is 0.483. The van der Waals surface area contributed by atoms with Gasteiger partial charge in [0.05, 0.1) is 4.61 Å². The van der Waals surface area contributed by atoms with Crippen LogP contribution in [0.3, 0.4) is 0 Å². The van der Waals surface area contributed by atoms with Crippen molar-refractivity contribution in [1.82, 2.24) is 5.32 Å². The zero-order valence-electron chi connectivity index (χ0n) is 6.49. The first kappa shape index (κ1) is 10.5. The quantitative estimate of drug-likeness (QED) is 0.614. The standard InChI is InChI=1S/C7H13Br2N/c1-5(2)10-7(9)4-6(3)8/h4-6,10H,1-3H3/b7-4-/t6-/m1/s1. The Kier molecular flexibility index (Phi) is 5.45. The van der Waals surface area contributed by atoms with Crippen LogP contribution in [-0.4, -0.2) is 10.9 Å². The molecule has 0 spiro atoms. The molecule has 0 unspecified atom stereocenters. The Bertz CT molecular complexity index is 119. The Morgan fingerprint density at radius 3 is 2.20 bits per heavy atom. The Morgan fingerprint density at radius 1 is 1.40 bits per heavy atom. The van der Waals surface area contributed by atoms with Gasteiger partial charge in [-0.15, -0.1) is 0 Å². The van der Waals surface area contributed by atoms with Crippen molar-refractivity contribution in [3.8, 4) is 0 Å². The van der Waals surface area contributed by atoms with Gasteiger partial charge in [0.15, 0.2) is 0 Å². The molecule has 1 atom stereocenters. The highest BCUT2D eigenvalue weighted by atomic mass is 79.9. The second kappa shape index (κ2) is 5.19. The molecule has 0 bridgehead atoms. The molecule has 0 aromatic carbocycles. The fraction of sp³-hybridized carbons (Fsp3) is 0.714. The van der Waals surface area contributed by atoms with Crippen LogP contribution in [0.5, 0.6) is 0 Å². The van der Waals surface area contributed by atoms with E-state index in [4.69, 9.17) is 0 Å². The topological polar surface area (TPSA) is 12.0 Å². The number of allylic oxidation sites excluding steroid dienone is 1. The van der Waals surface area contributed by atoms with Gasteiger partial charge in [-0.2, -0.15) is 0 Å². The van der Waals surface area contributed by atoms with E-state index >= 15 is 0 Å². The van der Waals surface area contributed by atoms with Crippen LogP contribution >= 0.6 is 31.9 Å². The Hall–Kier alpha value is 0.500. The fourth-order valence-electron chi connectivity index (χ4n) is 0.526. The number of halogens is 2. The highest BCUT2D eigenvalue weighted by Crippen LogP contribution is 2.07. The Balaban J connectivity index is 3.71. The molecule has 10 heavy (non-hydrogen) atoms. The van der Waals surface area contributed by atoms with Crippen molar-refractivity contribution in [2.24, 2.45) is 0 Å². The van der Waals surface area contributed by atoms with Crippen molar-refractivity contribution in [1.29, 1.82) is 0 Å². The van der Waals surface area contributed by atoms with E-state index in [1.54, 1.807) is 0 Å². The fourth-order valence-corrected chi connectivity index (χ4v) is 2.00. The van der Waals surface area contributed by atoms with Gasteiger partial charge in [-0.3, -0.25) is 0 Å². The first-order chi connectivity index (χ1) is 4.52. The summed E-state index contributed by atoms with van der Waals surface area (Å²) in [7, 11) is 0. The number of nitrogens with one attached hydrogen (secondary N) is 1. The summed E-state index contributed by atoms with van der Waals surface area (Å²) in [6.07, 6.45) is 2.07. The third kappa shape index (κ3) is 6.62. The molecular formula is C7H13Br2N. The van der Waals surface area contributed by atoms with Gasteiger partial charge >= 0.3 is 0 Å². The molecule has 0 rings (SSSR count). The summed E-state index contributed by atoms with van der Waals surface area (Å²) in [6.45, 7) is 6.28. The number of hydrogen-bond donors (Lipinski definition) is 1. The van der Waals surface area contributed by atoms with Gasteiger partial charge in [-0.25, -0.2) is 0 Å². The summed E-state index contributed by atoms with van der Waals surface area (Å²) < 4.78 is 1.05. The number of alkyl halides is 1. The lowest BCUT2D eigenvalue weighted by Crippen LogP contribution is -2.19. The molecule has 1 N–H and O–H groups in total. The van der Waals surface area contributed by atoms with E-state index in [1.165, 1.54) is 0 Å². The molecule has 3 heteroatoms. The molecule has 0 aliphatic rings. The minimum absolute atomic E-state index is 0.410. The minimum atomic E-state index is 0.410. The Morgan fingerprint density at radius 2 is 1.90 bits per heavy atom. The molecule has 0 saturated heterocycles. The predicted molar refractivity (Wildman–Crippen MR) is 53.7 cm³/mol. The normalized spacial score (nSPS) is 15.6. The maximum Gasteiger partial charge on any atom is 0.0752 e. The van der Waals surface area contributed by atoms with E-state index in [0.29, 0.717) is 10.9 Å². The van der Waals surface area contributed by atoms with Gasteiger partial charge in [0.2, 0.25) is 0 Å². The van der Waals surface area contributed by atoms with Crippen LogP contribution < -0.4 is 5.32 Å². The molecule has 60 valence electrons. The molecule has 0 aromatic rings.